The van der Waals surface area contributed by atoms with Gasteiger partial charge in [-0.1, -0.05) is 6.92 Å². The van der Waals surface area contributed by atoms with Crippen molar-refractivity contribution in [3.63, 3.8) is 0 Å². The van der Waals surface area contributed by atoms with Gasteiger partial charge < -0.3 is 10.2 Å². The predicted octanol–water partition coefficient (Wildman–Crippen LogP) is 1.14. The van der Waals surface area contributed by atoms with Gasteiger partial charge >= 0.3 is 0 Å². The van der Waals surface area contributed by atoms with Crippen molar-refractivity contribution in [3.05, 3.63) is 16.6 Å². The Hall–Kier alpha value is -1.10. The summed E-state index contributed by atoms with van der Waals surface area (Å²) in [6.45, 7) is 5.01. The Balaban J connectivity index is 1.83. The van der Waals surface area contributed by atoms with Crippen LogP contribution in [0.1, 0.15) is 17.8 Å². The van der Waals surface area contributed by atoms with Crippen LogP contribution in [0.4, 0.5) is 0 Å². The van der Waals surface area contributed by atoms with E-state index in [1.807, 2.05) is 11.6 Å². The quantitative estimate of drug-likeness (QED) is 0.837. The molecule has 0 radical (unpaired) electrons. The first-order valence-corrected chi connectivity index (χ1v) is 6.04. The van der Waals surface area contributed by atoms with Crippen LogP contribution in [0.3, 0.4) is 0 Å². The van der Waals surface area contributed by atoms with E-state index in [4.69, 9.17) is 0 Å². The van der Waals surface area contributed by atoms with Crippen LogP contribution in [0.5, 0.6) is 0 Å². The zero-order valence-corrected chi connectivity index (χ0v) is 9.92. The molecule has 1 aromatic heterocycles. The smallest absolute Gasteiger partial charge is 0.193 e. The lowest BCUT2D eigenvalue weighted by molar-refractivity contribution is 0.529. The summed E-state index contributed by atoms with van der Waals surface area (Å²) in [7, 11) is 2.06. The SMILES string of the molecule is CC(CNC1=NCCN1C)c1nccs1. The van der Waals surface area contributed by atoms with E-state index < -0.39 is 0 Å². The van der Waals surface area contributed by atoms with E-state index >= 15 is 0 Å². The molecule has 1 aromatic rings. The van der Waals surface area contributed by atoms with Crippen molar-refractivity contribution in [3.8, 4) is 0 Å². The molecule has 0 aromatic carbocycles. The second-order valence-electron chi connectivity index (χ2n) is 3.78. The van der Waals surface area contributed by atoms with Gasteiger partial charge in [-0.2, -0.15) is 0 Å². The molecule has 1 N–H and O–H groups in total. The second-order valence-corrected chi connectivity index (χ2v) is 4.71. The summed E-state index contributed by atoms with van der Waals surface area (Å²) in [5, 5.41) is 6.56. The first kappa shape index (κ1) is 10.4. The number of nitrogens with zero attached hydrogens (tertiary/aromatic N) is 3. The molecule has 82 valence electrons. The zero-order chi connectivity index (χ0) is 10.7. The van der Waals surface area contributed by atoms with Crippen molar-refractivity contribution in [2.45, 2.75) is 12.8 Å². The van der Waals surface area contributed by atoms with E-state index in [-0.39, 0.29) is 0 Å². The standard InChI is InChI=1S/C10H16N4S/c1-8(9-11-4-6-15-9)7-13-10-12-3-5-14(10)2/h4,6,8H,3,5,7H2,1-2H3,(H,12,13). The second kappa shape index (κ2) is 4.61. The maximum atomic E-state index is 4.38. The predicted molar refractivity (Wildman–Crippen MR) is 63.5 cm³/mol. The molecule has 0 saturated carbocycles. The third kappa shape index (κ3) is 2.47. The normalized spacial score (nSPS) is 17.7. The highest BCUT2D eigenvalue weighted by molar-refractivity contribution is 7.09. The van der Waals surface area contributed by atoms with Crippen LogP contribution < -0.4 is 5.32 Å². The molecule has 1 unspecified atom stereocenters. The van der Waals surface area contributed by atoms with Gasteiger partial charge in [0.25, 0.3) is 0 Å². The third-order valence-corrected chi connectivity index (χ3v) is 3.50. The Morgan fingerprint density at radius 1 is 1.67 bits per heavy atom. The van der Waals surface area contributed by atoms with E-state index in [1.165, 1.54) is 5.01 Å². The maximum Gasteiger partial charge on any atom is 0.193 e. The molecule has 15 heavy (non-hydrogen) atoms. The largest absolute Gasteiger partial charge is 0.356 e. The molecular weight excluding hydrogens is 208 g/mol. The van der Waals surface area contributed by atoms with Gasteiger partial charge in [-0.05, 0) is 0 Å². The van der Waals surface area contributed by atoms with Gasteiger partial charge in [0.1, 0.15) is 0 Å². The molecule has 0 amide bonds. The summed E-state index contributed by atoms with van der Waals surface area (Å²) in [5.74, 6) is 1.46. The summed E-state index contributed by atoms with van der Waals surface area (Å²) < 4.78 is 0. The highest BCUT2D eigenvalue weighted by Gasteiger charge is 2.14. The molecule has 1 atom stereocenters. The van der Waals surface area contributed by atoms with Crippen LogP contribution in [0, 0.1) is 0 Å². The van der Waals surface area contributed by atoms with Crippen LogP contribution in [0.25, 0.3) is 0 Å². The fraction of sp³-hybridized carbons (Fsp3) is 0.600. The molecule has 5 heteroatoms. The van der Waals surface area contributed by atoms with Gasteiger partial charge in [0.2, 0.25) is 0 Å². The lowest BCUT2D eigenvalue weighted by Gasteiger charge is -2.17. The average Bonchev–Trinajstić information content (AvgIpc) is 2.85. The number of aliphatic imine (C=N–C) groups is 1. The van der Waals surface area contributed by atoms with Crippen LogP contribution in [0.2, 0.25) is 0 Å². The van der Waals surface area contributed by atoms with Crippen LogP contribution >= 0.6 is 11.3 Å². The average molecular weight is 224 g/mol. The van der Waals surface area contributed by atoms with Crippen molar-refractivity contribution in [2.24, 2.45) is 4.99 Å². The number of likely N-dealkylation sites (N-methyl/N-ethyl adjacent to an activating group) is 1. The molecule has 0 bridgehead atoms. The molecule has 4 nitrogen and oxygen atoms in total. The number of hydrogen-bond acceptors (Lipinski definition) is 5. The maximum absolute atomic E-state index is 4.38. The summed E-state index contributed by atoms with van der Waals surface area (Å²) in [4.78, 5) is 10.8. The number of aromatic nitrogens is 1. The number of thiazole rings is 1. The van der Waals surface area contributed by atoms with Gasteiger partial charge in [0.15, 0.2) is 5.96 Å². The highest BCUT2D eigenvalue weighted by Crippen LogP contribution is 2.16. The minimum atomic E-state index is 0.446. The van der Waals surface area contributed by atoms with Gasteiger partial charge in [0, 0.05) is 37.6 Å². The fourth-order valence-electron chi connectivity index (χ4n) is 1.53. The zero-order valence-electron chi connectivity index (χ0n) is 9.10. The van der Waals surface area contributed by atoms with E-state index in [1.54, 1.807) is 11.3 Å². The number of hydrogen-bond donors (Lipinski definition) is 1. The fourth-order valence-corrected chi connectivity index (χ4v) is 2.23. The molecule has 2 heterocycles. The molecular formula is C10H16N4S. The molecule has 0 saturated heterocycles. The van der Waals surface area contributed by atoms with E-state index in [0.717, 1.165) is 25.6 Å². The Bertz CT molecular complexity index is 333. The van der Waals surface area contributed by atoms with Crippen molar-refractivity contribution in [2.75, 3.05) is 26.7 Å². The Labute approximate surface area is 94.0 Å². The third-order valence-electron chi connectivity index (χ3n) is 2.50. The summed E-state index contributed by atoms with van der Waals surface area (Å²) >= 11 is 1.71. The lowest BCUT2D eigenvalue weighted by atomic mass is 10.2. The van der Waals surface area contributed by atoms with Crippen molar-refractivity contribution in [1.29, 1.82) is 0 Å². The van der Waals surface area contributed by atoms with E-state index in [0.29, 0.717) is 5.92 Å². The first-order chi connectivity index (χ1) is 7.27. The highest BCUT2D eigenvalue weighted by atomic mass is 32.1. The number of rotatable bonds is 3. The minimum Gasteiger partial charge on any atom is -0.356 e. The summed E-state index contributed by atoms with van der Waals surface area (Å²) in [6, 6.07) is 0. The topological polar surface area (TPSA) is 40.5 Å². The molecule has 1 aliphatic heterocycles. The summed E-state index contributed by atoms with van der Waals surface area (Å²) in [6.07, 6.45) is 1.86. The van der Waals surface area contributed by atoms with Crippen LogP contribution in [-0.2, 0) is 0 Å². The number of guanidine groups is 1. The van der Waals surface area contributed by atoms with Crippen LogP contribution in [0.15, 0.2) is 16.6 Å². The molecule has 0 fully saturated rings. The molecule has 0 spiro atoms. The van der Waals surface area contributed by atoms with Crippen molar-refractivity contribution < 1.29 is 0 Å². The monoisotopic (exact) mass is 224 g/mol. The van der Waals surface area contributed by atoms with Gasteiger partial charge in [-0.3, -0.25) is 4.99 Å². The first-order valence-electron chi connectivity index (χ1n) is 5.16. The lowest BCUT2D eigenvalue weighted by Crippen LogP contribution is -2.37. The van der Waals surface area contributed by atoms with Crippen LogP contribution in [-0.4, -0.2) is 42.5 Å². The van der Waals surface area contributed by atoms with Gasteiger partial charge in [0.05, 0.1) is 11.6 Å². The molecule has 0 aliphatic carbocycles. The van der Waals surface area contributed by atoms with Gasteiger partial charge in [-0.25, -0.2) is 4.98 Å². The van der Waals surface area contributed by atoms with Gasteiger partial charge in [-0.15, -0.1) is 11.3 Å². The Kier molecular flexibility index (Phi) is 3.20. The van der Waals surface area contributed by atoms with Crippen molar-refractivity contribution in [1.82, 2.24) is 15.2 Å². The molecule has 1 aliphatic rings. The Morgan fingerprint density at radius 3 is 3.13 bits per heavy atom. The summed E-state index contributed by atoms with van der Waals surface area (Å²) in [5.41, 5.74) is 0. The Morgan fingerprint density at radius 2 is 2.53 bits per heavy atom. The van der Waals surface area contributed by atoms with E-state index in [9.17, 15) is 0 Å². The van der Waals surface area contributed by atoms with Crippen molar-refractivity contribution >= 4 is 17.3 Å². The van der Waals surface area contributed by atoms with E-state index in [2.05, 4.69) is 34.2 Å². The minimum absolute atomic E-state index is 0.446. The molecule has 2 rings (SSSR count). The number of nitrogens with one attached hydrogen (secondary N) is 1.